The normalized spacial score (nSPS) is 10.7. The van der Waals surface area contributed by atoms with Gasteiger partial charge in [-0.3, -0.25) is 14.6 Å². The quantitative estimate of drug-likeness (QED) is 0.364. The molecule has 0 unspecified atom stereocenters. The van der Waals surface area contributed by atoms with E-state index in [-0.39, 0.29) is 11.7 Å². The van der Waals surface area contributed by atoms with E-state index < -0.39 is 0 Å². The van der Waals surface area contributed by atoms with E-state index in [0.29, 0.717) is 34.2 Å². The van der Waals surface area contributed by atoms with Crippen LogP contribution in [-0.4, -0.2) is 31.6 Å². The number of H-pyrrole nitrogens is 1. The number of carbonyl (C=O) groups is 2. The molecule has 0 aliphatic rings. The van der Waals surface area contributed by atoms with E-state index >= 15 is 0 Å². The average Bonchev–Trinajstić information content (AvgIpc) is 3.11. The van der Waals surface area contributed by atoms with E-state index in [9.17, 15) is 9.59 Å². The Morgan fingerprint density at radius 2 is 1.85 bits per heavy atom. The molecule has 0 bridgehead atoms. The Balaban J connectivity index is 1.56. The molecule has 0 saturated carbocycles. The van der Waals surface area contributed by atoms with Gasteiger partial charge in [0.25, 0.3) is 5.91 Å². The third kappa shape index (κ3) is 4.64. The zero-order chi connectivity index (χ0) is 23.5. The second-order valence-corrected chi connectivity index (χ2v) is 7.80. The highest BCUT2D eigenvalue weighted by atomic mass is 16.2. The van der Waals surface area contributed by atoms with Gasteiger partial charge in [-0.15, -0.1) is 0 Å². The highest BCUT2D eigenvalue weighted by molar-refractivity contribution is 6.07. The van der Waals surface area contributed by atoms with Gasteiger partial charge in [-0.25, -0.2) is 9.97 Å². The molecule has 3 N–H and O–H groups in total. The number of Topliss-reactive ketones (excluding diaryl/α,β-unsaturated/α-hetero) is 1. The molecule has 0 spiro atoms. The van der Waals surface area contributed by atoms with Crippen LogP contribution < -0.4 is 10.6 Å². The molecule has 0 saturated heterocycles. The Bertz CT molecular complexity index is 1340. The third-order valence-electron chi connectivity index (χ3n) is 5.37. The van der Waals surface area contributed by atoms with E-state index in [4.69, 9.17) is 0 Å². The maximum absolute atomic E-state index is 12.9. The molecule has 1 aromatic carbocycles. The van der Waals surface area contributed by atoms with Crippen LogP contribution in [0, 0.1) is 20.8 Å². The minimum atomic E-state index is -0.312. The van der Waals surface area contributed by atoms with Crippen molar-refractivity contribution in [1.29, 1.82) is 0 Å². The Labute approximate surface area is 191 Å². The molecule has 0 atom stereocenters. The van der Waals surface area contributed by atoms with Gasteiger partial charge in [0.1, 0.15) is 5.69 Å². The number of aromatic amines is 1. The maximum atomic E-state index is 12.9. The van der Waals surface area contributed by atoms with Crippen LogP contribution in [0.25, 0.3) is 11.3 Å². The van der Waals surface area contributed by atoms with Crippen LogP contribution in [0.1, 0.15) is 44.6 Å². The molecule has 8 heteroatoms. The van der Waals surface area contributed by atoms with E-state index in [1.807, 2.05) is 43.3 Å². The summed E-state index contributed by atoms with van der Waals surface area (Å²) < 4.78 is 0. The first-order valence-electron chi connectivity index (χ1n) is 10.5. The van der Waals surface area contributed by atoms with Gasteiger partial charge in [0, 0.05) is 46.8 Å². The lowest BCUT2D eigenvalue weighted by Gasteiger charge is -2.12. The number of ketones is 1. The first-order valence-corrected chi connectivity index (χ1v) is 10.5. The van der Waals surface area contributed by atoms with Crippen molar-refractivity contribution in [2.75, 3.05) is 10.6 Å². The molecule has 0 aliphatic carbocycles. The number of pyridine rings is 1. The number of carbonyl (C=O) groups excluding carboxylic acids is 2. The molecule has 4 rings (SSSR count). The van der Waals surface area contributed by atoms with Crippen molar-refractivity contribution in [3.05, 3.63) is 83.1 Å². The molecular formula is C25H24N6O2. The minimum Gasteiger partial charge on any atom is -0.354 e. The lowest BCUT2D eigenvalue weighted by molar-refractivity contribution is 0.101. The topological polar surface area (TPSA) is 113 Å². The van der Waals surface area contributed by atoms with Crippen LogP contribution >= 0.6 is 0 Å². The van der Waals surface area contributed by atoms with Crippen molar-refractivity contribution in [1.82, 2.24) is 19.9 Å². The summed E-state index contributed by atoms with van der Waals surface area (Å²) in [6.07, 6.45) is 5.14. The first-order chi connectivity index (χ1) is 15.8. The maximum Gasteiger partial charge on any atom is 0.272 e. The minimum absolute atomic E-state index is 0.0735. The number of nitrogens with one attached hydrogen (secondary N) is 3. The molecule has 166 valence electrons. The third-order valence-corrected chi connectivity index (χ3v) is 5.37. The highest BCUT2D eigenvalue weighted by Crippen LogP contribution is 2.25. The van der Waals surface area contributed by atoms with E-state index in [1.54, 1.807) is 32.4 Å². The fourth-order valence-corrected chi connectivity index (χ4v) is 3.75. The summed E-state index contributed by atoms with van der Waals surface area (Å²) in [6.45, 7) is 7.00. The summed E-state index contributed by atoms with van der Waals surface area (Å²) >= 11 is 0. The largest absolute Gasteiger partial charge is 0.354 e. The number of nitrogens with zero attached hydrogens (tertiary/aromatic N) is 3. The second kappa shape index (κ2) is 9.04. The Kier molecular flexibility index (Phi) is 5.99. The van der Waals surface area contributed by atoms with Crippen molar-refractivity contribution in [3.8, 4) is 11.3 Å². The van der Waals surface area contributed by atoms with Crippen molar-refractivity contribution >= 4 is 29.0 Å². The summed E-state index contributed by atoms with van der Waals surface area (Å²) in [4.78, 5) is 40.8. The number of anilines is 3. The van der Waals surface area contributed by atoms with Crippen molar-refractivity contribution in [3.63, 3.8) is 0 Å². The van der Waals surface area contributed by atoms with Crippen molar-refractivity contribution in [2.24, 2.45) is 0 Å². The molecule has 33 heavy (non-hydrogen) atoms. The molecule has 3 heterocycles. The number of rotatable bonds is 6. The Hall–Kier alpha value is -4.33. The Morgan fingerprint density at radius 1 is 1.03 bits per heavy atom. The van der Waals surface area contributed by atoms with Gasteiger partial charge in [0.15, 0.2) is 5.78 Å². The molecule has 0 fully saturated rings. The van der Waals surface area contributed by atoms with Gasteiger partial charge >= 0.3 is 0 Å². The predicted molar refractivity (Wildman–Crippen MR) is 128 cm³/mol. The number of aryl methyl sites for hydroxylation is 2. The SMILES string of the molecule is CC(=O)c1c(C)[nH]c(C(=O)Nc2ccc(C)c(Nc3nccc(-c4cccnc4)n3)c2)c1C. The van der Waals surface area contributed by atoms with Crippen LogP contribution in [0.2, 0.25) is 0 Å². The van der Waals surface area contributed by atoms with Crippen LogP contribution in [0.5, 0.6) is 0 Å². The Morgan fingerprint density at radius 3 is 2.55 bits per heavy atom. The number of amides is 1. The summed E-state index contributed by atoms with van der Waals surface area (Å²) in [5.41, 5.74) is 6.23. The lowest BCUT2D eigenvalue weighted by Crippen LogP contribution is -2.14. The molecule has 1 amide bonds. The van der Waals surface area contributed by atoms with Gasteiger partial charge in [0.2, 0.25) is 5.95 Å². The van der Waals surface area contributed by atoms with Crippen molar-refractivity contribution in [2.45, 2.75) is 27.7 Å². The van der Waals surface area contributed by atoms with Gasteiger partial charge in [-0.05, 0) is 69.2 Å². The van der Waals surface area contributed by atoms with Gasteiger partial charge in [0.05, 0.1) is 5.69 Å². The molecule has 8 nitrogen and oxygen atoms in total. The average molecular weight is 441 g/mol. The second-order valence-electron chi connectivity index (χ2n) is 7.80. The molecular weight excluding hydrogens is 416 g/mol. The van der Waals surface area contributed by atoms with E-state index in [2.05, 4.69) is 30.6 Å². The number of aromatic nitrogens is 4. The highest BCUT2D eigenvalue weighted by Gasteiger charge is 2.20. The van der Waals surface area contributed by atoms with Gasteiger partial charge in [-0.2, -0.15) is 0 Å². The predicted octanol–water partition coefficient (Wildman–Crippen LogP) is 4.99. The number of benzene rings is 1. The monoisotopic (exact) mass is 440 g/mol. The number of hydrogen-bond acceptors (Lipinski definition) is 6. The summed E-state index contributed by atoms with van der Waals surface area (Å²) in [7, 11) is 0. The van der Waals surface area contributed by atoms with Crippen LogP contribution in [-0.2, 0) is 0 Å². The lowest BCUT2D eigenvalue weighted by atomic mass is 10.1. The molecule has 0 radical (unpaired) electrons. The summed E-state index contributed by atoms with van der Waals surface area (Å²) in [5.74, 6) is 0.0493. The molecule has 3 aromatic heterocycles. The van der Waals surface area contributed by atoms with Crippen molar-refractivity contribution < 1.29 is 9.59 Å². The zero-order valence-electron chi connectivity index (χ0n) is 18.9. The standard InChI is InChI=1S/C25H24N6O2/c1-14-7-8-19(29-24(33)23-15(2)22(17(4)32)16(3)28-23)12-21(14)31-25-27-11-9-20(30-25)18-6-5-10-26-13-18/h5-13,28H,1-4H3,(H,29,33)(H,27,30,31). The van der Waals surface area contributed by atoms with Gasteiger partial charge in [-0.1, -0.05) is 6.07 Å². The van der Waals surface area contributed by atoms with Crippen LogP contribution in [0.3, 0.4) is 0 Å². The van der Waals surface area contributed by atoms with E-state index in [0.717, 1.165) is 22.5 Å². The fourth-order valence-electron chi connectivity index (χ4n) is 3.75. The number of hydrogen-bond donors (Lipinski definition) is 3. The molecule has 4 aromatic rings. The van der Waals surface area contributed by atoms with Gasteiger partial charge < -0.3 is 15.6 Å². The summed E-state index contributed by atoms with van der Waals surface area (Å²) in [5, 5.41) is 6.13. The van der Waals surface area contributed by atoms with Crippen LogP contribution in [0.15, 0.2) is 55.0 Å². The zero-order valence-corrected chi connectivity index (χ0v) is 18.9. The van der Waals surface area contributed by atoms with Crippen LogP contribution in [0.4, 0.5) is 17.3 Å². The first kappa shape index (κ1) is 21.9. The smallest absolute Gasteiger partial charge is 0.272 e. The summed E-state index contributed by atoms with van der Waals surface area (Å²) in [6, 6.07) is 11.2. The molecule has 0 aliphatic heterocycles. The van der Waals surface area contributed by atoms with E-state index in [1.165, 1.54) is 6.92 Å². The fraction of sp³-hybridized carbons (Fsp3) is 0.160.